The van der Waals surface area contributed by atoms with Crippen LogP contribution in [0.3, 0.4) is 0 Å². The van der Waals surface area contributed by atoms with E-state index in [9.17, 15) is 8.42 Å². The maximum absolute atomic E-state index is 10.7. The fourth-order valence-electron chi connectivity index (χ4n) is 1.51. The van der Waals surface area contributed by atoms with Gasteiger partial charge in [0.2, 0.25) is 9.05 Å². The van der Waals surface area contributed by atoms with Crippen molar-refractivity contribution < 1.29 is 8.42 Å². The Morgan fingerprint density at radius 1 is 1.24 bits per heavy atom. The molecular formula is C13H17ClO2S. The van der Waals surface area contributed by atoms with Gasteiger partial charge in [-0.05, 0) is 24.0 Å². The lowest BCUT2D eigenvalue weighted by Gasteiger charge is -1.99. The lowest BCUT2D eigenvalue weighted by atomic mass is 10.1. The summed E-state index contributed by atoms with van der Waals surface area (Å²) in [5, 5.41) is 0. The van der Waals surface area contributed by atoms with E-state index in [-0.39, 0.29) is 5.75 Å². The number of hydrogen-bond donors (Lipinski definition) is 0. The Kier molecular flexibility index (Phi) is 5.72. The molecule has 2 nitrogen and oxygen atoms in total. The molecule has 0 saturated carbocycles. The SMILES string of the molecule is CCCc1ccc(/C=C/CCS(=O)(=O)Cl)cc1. The third kappa shape index (κ3) is 6.49. The fraction of sp³-hybridized carbons (Fsp3) is 0.385. The molecule has 1 aromatic carbocycles. The topological polar surface area (TPSA) is 34.1 Å². The molecule has 0 aliphatic rings. The van der Waals surface area contributed by atoms with Crippen LogP contribution in [0, 0.1) is 0 Å². The number of benzene rings is 1. The first kappa shape index (κ1) is 14.3. The third-order valence-electron chi connectivity index (χ3n) is 2.36. The molecule has 1 rings (SSSR count). The molecule has 17 heavy (non-hydrogen) atoms. The fourth-order valence-corrected chi connectivity index (χ4v) is 2.20. The molecule has 0 bridgehead atoms. The van der Waals surface area contributed by atoms with Gasteiger partial charge in [0.05, 0.1) is 5.75 Å². The third-order valence-corrected chi connectivity index (χ3v) is 3.54. The summed E-state index contributed by atoms with van der Waals surface area (Å²) in [6.45, 7) is 2.15. The molecule has 0 fully saturated rings. The van der Waals surface area contributed by atoms with Crippen LogP contribution in [0.25, 0.3) is 6.08 Å². The van der Waals surface area contributed by atoms with Crippen molar-refractivity contribution in [3.63, 3.8) is 0 Å². The van der Waals surface area contributed by atoms with Crippen molar-refractivity contribution in [1.29, 1.82) is 0 Å². The smallest absolute Gasteiger partial charge is 0.212 e. The highest BCUT2D eigenvalue weighted by molar-refractivity contribution is 8.13. The molecule has 0 heterocycles. The van der Waals surface area contributed by atoms with E-state index in [1.54, 1.807) is 0 Å². The molecule has 0 aliphatic carbocycles. The van der Waals surface area contributed by atoms with Gasteiger partial charge in [0.25, 0.3) is 0 Å². The molecule has 4 heteroatoms. The van der Waals surface area contributed by atoms with Gasteiger partial charge in [-0.25, -0.2) is 8.42 Å². The highest BCUT2D eigenvalue weighted by Gasteiger charge is 2.01. The second-order valence-electron chi connectivity index (χ2n) is 3.93. The molecule has 0 radical (unpaired) electrons. The van der Waals surface area contributed by atoms with E-state index in [0.29, 0.717) is 6.42 Å². The van der Waals surface area contributed by atoms with Crippen molar-refractivity contribution in [1.82, 2.24) is 0 Å². The summed E-state index contributed by atoms with van der Waals surface area (Å²) >= 11 is 0. The summed E-state index contributed by atoms with van der Waals surface area (Å²) in [5.74, 6) is -0.0149. The van der Waals surface area contributed by atoms with Crippen LogP contribution in [0.5, 0.6) is 0 Å². The summed E-state index contributed by atoms with van der Waals surface area (Å²) in [5.41, 5.74) is 2.41. The first-order chi connectivity index (χ1) is 8.01. The van der Waals surface area contributed by atoms with Crippen LogP contribution in [0.4, 0.5) is 0 Å². The summed E-state index contributed by atoms with van der Waals surface area (Å²) in [7, 11) is 1.74. The monoisotopic (exact) mass is 272 g/mol. The van der Waals surface area contributed by atoms with Crippen molar-refractivity contribution in [3.05, 3.63) is 41.5 Å². The predicted octanol–water partition coefficient (Wildman–Crippen LogP) is 3.61. The van der Waals surface area contributed by atoms with Crippen molar-refractivity contribution in [3.8, 4) is 0 Å². The van der Waals surface area contributed by atoms with Gasteiger partial charge in [-0.15, -0.1) is 0 Å². The van der Waals surface area contributed by atoms with Gasteiger partial charge in [-0.1, -0.05) is 49.8 Å². The molecule has 0 saturated heterocycles. The molecular weight excluding hydrogens is 256 g/mol. The minimum absolute atomic E-state index is 0.0149. The molecule has 1 aromatic rings. The van der Waals surface area contributed by atoms with Gasteiger partial charge in [0.1, 0.15) is 0 Å². The first-order valence-electron chi connectivity index (χ1n) is 5.69. The molecule has 94 valence electrons. The summed E-state index contributed by atoms with van der Waals surface area (Å²) in [6.07, 6.45) is 6.42. The molecule has 0 atom stereocenters. The highest BCUT2D eigenvalue weighted by Crippen LogP contribution is 2.09. The van der Waals surface area contributed by atoms with E-state index in [4.69, 9.17) is 10.7 Å². The standard InChI is InChI=1S/C13H17ClO2S/c1-2-5-12-7-9-13(10-8-12)6-3-4-11-17(14,15)16/h3,6-10H,2,4-5,11H2,1H3/b6-3+. The van der Waals surface area contributed by atoms with Gasteiger partial charge in [-0.3, -0.25) is 0 Å². The van der Waals surface area contributed by atoms with Gasteiger partial charge < -0.3 is 0 Å². The first-order valence-corrected chi connectivity index (χ1v) is 8.17. The normalized spacial score (nSPS) is 12.1. The van der Waals surface area contributed by atoms with Crippen LogP contribution in [0.15, 0.2) is 30.3 Å². The van der Waals surface area contributed by atoms with Crippen LogP contribution < -0.4 is 0 Å². The maximum atomic E-state index is 10.7. The van der Waals surface area contributed by atoms with Crippen LogP contribution >= 0.6 is 10.7 Å². The van der Waals surface area contributed by atoms with E-state index < -0.39 is 9.05 Å². The summed E-state index contributed by atoms with van der Waals surface area (Å²) < 4.78 is 21.4. The quantitative estimate of drug-likeness (QED) is 0.742. The lowest BCUT2D eigenvalue weighted by Crippen LogP contribution is -1.94. The van der Waals surface area contributed by atoms with Crippen molar-refractivity contribution in [2.45, 2.75) is 26.2 Å². The molecule has 0 unspecified atom stereocenters. The summed E-state index contributed by atoms with van der Waals surface area (Å²) in [6, 6.07) is 8.27. The average Bonchev–Trinajstić information content (AvgIpc) is 2.26. The Balaban J connectivity index is 2.48. The lowest BCUT2D eigenvalue weighted by molar-refractivity contribution is 0.609. The highest BCUT2D eigenvalue weighted by atomic mass is 35.7. The Hall–Kier alpha value is -0.800. The Labute approximate surface area is 108 Å². The van der Waals surface area contributed by atoms with Crippen molar-refractivity contribution in [2.24, 2.45) is 0 Å². The number of hydrogen-bond acceptors (Lipinski definition) is 2. The van der Waals surface area contributed by atoms with Gasteiger partial charge in [0, 0.05) is 10.7 Å². The second-order valence-corrected chi connectivity index (χ2v) is 6.82. The second kappa shape index (κ2) is 6.82. The molecule has 0 N–H and O–H groups in total. The Bertz CT molecular complexity index is 461. The van der Waals surface area contributed by atoms with Crippen molar-refractivity contribution >= 4 is 25.8 Å². The van der Waals surface area contributed by atoms with E-state index in [1.165, 1.54) is 5.56 Å². The van der Waals surface area contributed by atoms with Crippen LogP contribution in [0.1, 0.15) is 30.9 Å². The molecule has 0 spiro atoms. The van der Waals surface area contributed by atoms with Crippen molar-refractivity contribution in [2.75, 3.05) is 5.75 Å². The minimum atomic E-state index is -3.37. The van der Waals surface area contributed by atoms with Gasteiger partial charge in [-0.2, -0.15) is 0 Å². The van der Waals surface area contributed by atoms with E-state index in [0.717, 1.165) is 18.4 Å². The minimum Gasteiger partial charge on any atom is -0.212 e. The summed E-state index contributed by atoms with van der Waals surface area (Å²) in [4.78, 5) is 0. The zero-order chi connectivity index (χ0) is 12.7. The zero-order valence-corrected chi connectivity index (χ0v) is 11.5. The average molecular weight is 273 g/mol. The number of aryl methyl sites for hydroxylation is 1. The zero-order valence-electron chi connectivity index (χ0n) is 9.90. The van der Waals surface area contributed by atoms with Crippen LogP contribution in [-0.4, -0.2) is 14.2 Å². The number of halogens is 1. The van der Waals surface area contributed by atoms with E-state index in [2.05, 4.69) is 19.1 Å². The van der Waals surface area contributed by atoms with Gasteiger partial charge in [0.15, 0.2) is 0 Å². The van der Waals surface area contributed by atoms with E-state index in [1.807, 2.05) is 24.3 Å². The van der Waals surface area contributed by atoms with Gasteiger partial charge >= 0.3 is 0 Å². The predicted molar refractivity (Wildman–Crippen MR) is 73.7 cm³/mol. The largest absolute Gasteiger partial charge is 0.232 e. The Morgan fingerprint density at radius 3 is 2.41 bits per heavy atom. The number of allylic oxidation sites excluding steroid dienone is 1. The van der Waals surface area contributed by atoms with E-state index >= 15 is 0 Å². The Morgan fingerprint density at radius 2 is 1.88 bits per heavy atom. The van der Waals surface area contributed by atoms with Crippen LogP contribution in [0.2, 0.25) is 0 Å². The van der Waals surface area contributed by atoms with Crippen LogP contribution in [-0.2, 0) is 15.5 Å². The maximum Gasteiger partial charge on any atom is 0.232 e. The molecule has 0 aliphatic heterocycles. The number of rotatable bonds is 6. The molecule has 0 amide bonds. The molecule has 0 aromatic heterocycles.